The van der Waals surface area contributed by atoms with Crippen molar-refractivity contribution < 1.29 is 18.8 Å². The Hall–Kier alpha value is -3.46. The van der Waals surface area contributed by atoms with Crippen LogP contribution in [0.3, 0.4) is 0 Å². The Balaban J connectivity index is 1.47. The first-order valence-electron chi connectivity index (χ1n) is 11.0. The molecule has 0 radical (unpaired) electrons. The highest BCUT2D eigenvalue weighted by atomic mass is 35.5. The fourth-order valence-electron chi connectivity index (χ4n) is 3.88. The number of rotatable bonds is 9. The predicted molar refractivity (Wildman–Crippen MR) is 127 cm³/mol. The number of carbonyl (C=O) groups excluding carboxylic acids is 3. The summed E-state index contributed by atoms with van der Waals surface area (Å²) in [4.78, 5) is 42.0. The third-order valence-corrected chi connectivity index (χ3v) is 6.13. The highest BCUT2D eigenvalue weighted by molar-refractivity contribution is 6.30. The van der Waals surface area contributed by atoms with Gasteiger partial charge in [-0.3, -0.25) is 14.4 Å². The number of amides is 2. The summed E-state index contributed by atoms with van der Waals surface area (Å²) in [6.07, 6.45) is 4.05. The van der Waals surface area contributed by atoms with E-state index in [0.717, 1.165) is 12.8 Å². The Kier molecular flexibility index (Phi) is 6.83. The van der Waals surface area contributed by atoms with E-state index in [1.807, 2.05) is 0 Å². The number of nitrogen functional groups attached to an aromatic ring is 1. The van der Waals surface area contributed by atoms with Gasteiger partial charge in [0.25, 0.3) is 0 Å². The summed E-state index contributed by atoms with van der Waals surface area (Å²) in [5.74, 6) is -0.928. The van der Waals surface area contributed by atoms with E-state index in [-0.39, 0.29) is 35.3 Å². The first-order chi connectivity index (χ1) is 16.2. The Labute approximate surface area is 200 Å². The molecule has 34 heavy (non-hydrogen) atoms. The van der Waals surface area contributed by atoms with Crippen molar-refractivity contribution in [2.24, 2.45) is 5.92 Å². The lowest BCUT2D eigenvalue weighted by Crippen LogP contribution is -2.47. The minimum atomic E-state index is -0.769. The summed E-state index contributed by atoms with van der Waals surface area (Å²) in [6.45, 7) is 1.25. The van der Waals surface area contributed by atoms with Crippen LogP contribution < -0.4 is 16.4 Å². The maximum Gasteiger partial charge on any atom is 0.242 e. The standard InChI is InChI=1S/C24H25ClFN5O3/c1-13(32)17-11-31(23-16(17)7-8-20(27)30-23)12-21(33)29-19(9-14-5-6-14)24(34)28-10-15-3-2-4-18(25)22(15)26/h2-4,7-8,11,14,19H,5-6,9-10,12H2,1H3,(H2,27,30)(H,28,34)(H,29,33)/t19-/m0/s1. The third kappa shape index (κ3) is 5.36. The van der Waals surface area contributed by atoms with Crippen LogP contribution in [0.1, 0.15) is 42.1 Å². The van der Waals surface area contributed by atoms with Crippen LogP contribution in [0, 0.1) is 11.7 Å². The molecule has 4 N–H and O–H groups in total. The number of ketones is 1. The number of carbonyl (C=O) groups is 3. The minimum absolute atomic E-state index is 0.0206. The average Bonchev–Trinajstić information content (AvgIpc) is 3.54. The number of nitrogens with zero attached hydrogens (tertiary/aromatic N) is 2. The molecule has 1 atom stereocenters. The fraction of sp³-hybridized carbons (Fsp3) is 0.333. The van der Waals surface area contributed by atoms with Gasteiger partial charge in [-0.2, -0.15) is 0 Å². The molecule has 0 bridgehead atoms. The molecule has 1 saturated carbocycles. The molecule has 1 aromatic carbocycles. The predicted octanol–water partition coefficient (Wildman–Crippen LogP) is 3.21. The van der Waals surface area contributed by atoms with E-state index in [0.29, 0.717) is 28.9 Å². The molecule has 3 aromatic rings. The van der Waals surface area contributed by atoms with Gasteiger partial charge in [0.2, 0.25) is 11.8 Å². The lowest BCUT2D eigenvalue weighted by Gasteiger charge is -2.19. The lowest BCUT2D eigenvalue weighted by atomic mass is 10.1. The highest BCUT2D eigenvalue weighted by Crippen LogP contribution is 2.33. The average molecular weight is 486 g/mol. The molecule has 8 nitrogen and oxygen atoms in total. The van der Waals surface area contributed by atoms with Gasteiger partial charge in [0, 0.05) is 29.3 Å². The van der Waals surface area contributed by atoms with Crippen molar-refractivity contribution in [3.8, 4) is 0 Å². The second-order valence-electron chi connectivity index (χ2n) is 8.56. The smallest absolute Gasteiger partial charge is 0.242 e. The number of pyridine rings is 1. The van der Waals surface area contributed by atoms with E-state index in [9.17, 15) is 18.8 Å². The Bertz CT molecular complexity index is 1270. The zero-order valence-corrected chi connectivity index (χ0v) is 19.4. The summed E-state index contributed by atoms with van der Waals surface area (Å²) in [6, 6.07) is 7.10. The maximum absolute atomic E-state index is 14.1. The Morgan fingerprint density at radius 2 is 2.03 bits per heavy atom. The number of Topliss-reactive ketones (excluding diaryl/α,β-unsaturated/α-hetero) is 1. The van der Waals surface area contributed by atoms with Crippen LogP contribution in [0.2, 0.25) is 5.02 Å². The van der Waals surface area contributed by atoms with Gasteiger partial charge in [0.05, 0.1) is 5.02 Å². The Morgan fingerprint density at radius 3 is 2.74 bits per heavy atom. The molecule has 0 spiro atoms. The second-order valence-corrected chi connectivity index (χ2v) is 8.97. The number of nitrogens with one attached hydrogen (secondary N) is 2. The lowest BCUT2D eigenvalue weighted by molar-refractivity contribution is -0.129. The highest BCUT2D eigenvalue weighted by Gasteiger charge is 2.30. The fourth-order valence-corrected chi connectivity index (χ4v) is 4.08. The van der Waals surface area contributed by atoms with Crippen LogP contribution in [0.5, 0.6) is 0 Å². The molecular weight excluding hydrogens is 461 g/mol. The molecule has 1 aliphatic carbocycles. The van der Waals surface area contributed by atoms with Gasteiger partial charge in [-0.25, -0.2) is 9.37 Å². The number of nitrogens with two attached hydrogens (primary N) is 1. The zero-order valence-electron chi connectivity index (χ0n) is 18.6. The van der Waals surface area contributed by atoms with Crippen LogP contribution in [0.4, 0.5) is 10.2 Å². The number of benzene rings is 1. The van der Waals surface area contributed by atoms with Gasteiger partial charge in [0.15, 0.2) is 5.78 Å². The molecule has 2 heterocycles. The maximum atomic E-state index is 14.1. The summed E-state index contributed by atoms with van der Waals surface area (Å²) in [5.41, 5.74) is 6.91. The van der Waals surface area contributed by atoms with Gasteiger partial charge in [-0.15, -0.1) is 0 Å². The molecule has 10 heteroatoms. The van der Waals surface area contributed by atoms with Crippen LogP contribution >= 0.6 is 11.6 Å². The first-order valence-corrected chi connectivity index (χ1v) is 11.4. The van der Waals surface area contributed by atoms with Gasteiger partial charge in [0.1, 0.15) is 29.9 Å². The molecule has 4 rings (SSSR count). The number of fused-ring (bicyclic) bond motifs is 1. The largest absolute Gasteiger partial charge is 0.384 e. The van der Waals surface area contributed by atoms with Gasteiger partial charge < -0.3 is 20.9 Å². The summed E-state index contributed by atoms with van der Waals surface area (Å²) >= 11 is 5.81. The molecule has 0 unspecified atom stereocenters. The van der Waals surface area contributed by atoms with Gasteiger partial charge >= 0.3 is 0 Å². The zero-order chi connectivity index (χ0) is 24.4. The van der Waals surface area contributed by atoms with Gasteiger partial charge in [-0.1, -0.05) is 36.6 Å². The number of halogens is 2. The summed E-state index contributed by atoms with van der Waals surface area (Å²) in [7, 11) is 0. The van der Waals surface area contributed by atoms with E-state index in [1.165, 1.54) is 13.0 Å². The quantitative estimate of drug-likeness (QED) is 0.402. The first kappa shape index (κ1) is 23.7. The number of hydrogen-bond donors (Lipinski definition) is 3. The molecule has 0 saturated heterocycles. The van der Waals surface area contributed by atoms with Crippen molar-refractivity contribution >= 4 is 46.0 Å². The van der Waals surface area contributed by atoms with Crippen molar-refractivity contribution in [1.29, 1.82) is 0 Å². The second kappa shape index (κ2) is 9.80. The summed E-state index contributed by atoms with van der Waals surface area (Å²) < 4.78 is 15.7. The monoisotopic (exact) mass is 485 g/mol. The van der Waals surface area contributed by atoms with Gasteiger partial charge in [-0.05, 0) is 37.5 Å². The molecule has 178 valence electrons. The number of hydrogen-bond acceptors (Lipinski definition) is 5. The van der Waals surface area contributed by atoms with Crippen molar-refractivity contribution in [3.05, 3.63) is 58.5 Å². The molecular formula is C24H25ClFN5O3. The van der Waals surface area contributed by atoms with Crippen molar-refractivity contribution in [3.63, 3.8) is 0 Å². The van der Waals surface area contributed by atoms with E-state index in [2.05, 4.69) is 15.6 Å². The van der Waals surface area contributed by atoms with Crippen LogP contribution in [0.15, 0.2) is 36.5 Å². The molecule has 2 amide bonds. The minimum Gasteiger partial charge on any atom is -0.384 e. The van der Waals surface area contributed by atoms with E-state index < -0.39 is 23.7 Å². The molecule has 1 fully saturated rings. The van der Waals surface area contributed by atoms with E-state index in [1.54, 1.807) is 35.0 Å². The van der Waals surface area contributed by atoms with Crippen molar-refractivity contribution in [2.45, 2.75) is 45.3 Å². The molecule has 1 aliphatic rings. The van der Waals surface area contributed by atoms with Crippen LogP contribution in [-0.4, -0.2) is 33.2 Å². The normalized spacial score (nSPS) is 14.1. The van der Waals surface area contributed by atoms with Crippen LogP contribution in [0.25, 0.3) is 11.0 Å². The van der Waals surface area contributed by atoms with E-state index >= 15 is 0 Å². The Morgan fingerprint density at radius 1 is 1.26 bits per heavy atom. The number of aromatic nitrogens is 2. The van der Waals surface area contributed by atoms with Crippen molar-refractivity contribution in [2.75, 3.05) is 5.73 Å². The number of anilines is 1. The third-order valence-electron chi connectivity index (χ3n) is 5.84. The van der Waals surface area contributed by atoms with Crippen LogP contribution in [-0.2, 0) is 22.7 Å². The molecule has 2 aromatic heterocycles. The molecule has 0 aliphatic heterocycles. The summed E-state index contributed by atoms with van der Waals surface area (Å²) in [5, 5.41) is 6.06. The topological polar surface area (TPSA) is 119 Å². The SMILES string of the molecule is CC(=O)c1cn(CC(=O)N[C@@H](CC2CC2)C(=O)NCc2cccc(Cl)c2F)c2nc(N)ccc12. The van der Waals surface area contributed by atoms with Crippen molar-refractivity contribution in [1.82, 2.24) is 20.2 Å². The van der Waals surface area contributed by atoms with E-state index in [4.69, 9.17) is 17.3 Å².